The zero-order chi connectivity index (χ0) is 19.7. The first-order valence-corrected chi connectivity index (χ1v) is 8.23. The second-order valence-electron chi connectivity index (χ2n) is 5.91. The highest BCUT2D eigenvalue weighted by Gasteiger charge is 2.29. The van der Waals surface area contributed by atoms with Gasteiger partial charge in [-0.1, -0.05) is 30.3 Å². The van der Waals surface area contributed by atoms with Gasteiger partial charge in [0.25, 0.3) is 5.91 Å². The first-order valence-electron chi connectivity index (χ1n) is 8.23. The van der Waals surface area contributed by atoms with Crippen molar-refractivity contribution in [1.29, 1.82) is 0 Å². The molecule has 28 heavy (non-hydrogen) atoms. The Morgan fingerprint density at radius 3 is 2.46 bits per heavy atom. The molecule has 2 heterocycles. The molecule has 0 radical (unpaired) electrons. The SMILES string of the molecule is O=C(NCC(F)(F)F)c1nc2c(Nc3ccccc3)nc3ccccc3n2n1. The number of hydrogen-bond donors (Lipinski definition) is 2. The summed E-state index contributed by atoms with van der Waals surface area (Å²) >= 11 is 0. The minimum absolute atomic E-state index is 0.222. The van der Waals surface area contributed by atoms with Gasteiger partial charge in [-0.25, -0.2) is 9.50 Å². The third-order valence-electron chi connectivity index (χ3n) is 3.85. The summed E-state index contributed by atoms with van der Waals surface area (Å²) in [5.41, 5.74) is 2.11. The topological polar surface area (TPSA) is 84.2 Å². The number of carbonyl (C=O) groups excluding carboxylic acids is 1. The Balaban J connectivity index is 1.79. The van der Waals surface area contributed by atoms with E-state index in [1.807, 2.05) is 30.3 Å². The lowest BCUT2D eigenvalue weighted by atomic mass is 10.3. The molecule has 4 rings (SSSR count). The van der Waals surface area contributed by atoms with Gasteiger partial charge >= 0.3 is 6.18 Å². The van der Waals surface area contributed by atoms with Crippen molar-refractivity contribution >= 4 is 34.1 Å². The molecule has 1 amide bonds. The highest BCUT2D eigenvalue weighted by atomic mass is 19.4. The summed E-state index contributed by atoms with van der Waals surface area (Å²) in [5, 5.41) is 8.97. The van der Waals surface area contributed by atoms with Gasteiger partial charge in [0, 0.05) is 5.69 Å². The molecule has 0 spiro atoms. The van der Waals surface area contributed by atoms with Crippen molar-refractivity contribution in [3.63, 3.8) is 0 Å². The second-order valence-corrected chi connectivity index (χ2v) is 5.91. The number of rotatable bonds is 4. The number of aromatic nitrogens is 4. The number of carbonyl (C=O) groups is 1. The van der Waals surface area contributed by atoms with Gasteiger partial charge in [0.15, 0.2) is 11.5 Å². The molecule has 10 heteroatoms. The highest BCUT2D eigenvalue weighted by Crippen LogP contribution is 2.23. The number of halogens is 3. The minimum Gasteiger partial charge on any atom is -0.340 e. The first-order chi connectivity index (χ1) is 13.4. The van der Waals surface area contributed by atoms with E-state index in [4.69, 9.17) is 0 Å². The van der Waals surface area contributed by atoms with Crippen LogP contribution in [0.2, 0.25) is 0 Å². The average molecular weight is 386 g/mol. The van der Waals surface area contributed by atoms with Crippen LogP contribution in [0, 0.1) is 0 Å². The van der Waals surface area contributed by atoms with Crippen LogP contribution >= 0.6 is 0 Å². The van der Waals surface area contributed by atoms with E-state index in [9.17, 15) is 18.0 Å². The Kier molecular flexibility index (Phi) is 4.30. The average Bonchev–Trinajstić information content (AvgIpc) is 3.13. The molecule has 7 nitrogen and oxygen atoms in total. The molecule has 0 saturated heterocycles. The summed E-state index contributed by atoms with van der Waals surface area (Å²) in [5.74, 6) is -1.07. The van der Waals surface area contributed by atoms with Crippen LogP contribution in [0.25, 0.3) is 16.7 Å². The van der Waals surface area contributed by atoms with E-state index in [-0.39, 0.29) is 11.5 Å². The van der Waals surface area contributed by atoms with Crippen LogP contribution in [-0.2, 0) is 0 Å². The number of para-hydroxylation sites is 3. The van der Waals surface area contributed by atoms with Gasteiger partial charge in [0.05, 0.1) is 11.0 Å². The van der Waals surface area contributed by atoms with Crippen molar-refractivity contribution < 1.29 is 18.0 Å². The van der Waals surface area contributed by atoms with Crippen LogP contribution in [0.5, 0.6) is 0 Å². The summed E-state index contributed by atoms with van der Waals surface area (Å²) in [7, 11) is 0. The van der Waals surface area contributed by atoms with Crippen LogP contribution in [0.3, 0.4) is 0 Å². The number of anilines is 2. The maximum absolute atomic E-state index is 12.4. The fourth-order valence-electron chi connectivity index (χ4n) is 2.64. The van der Waals surface area contributed by atoms with Gasteiger partial charge in [0.1, 0.15) is 6.54 Å². The number of alkyl halides is 3. The molecule has 0 atom stereocenters. The predicted molar refractivity (Wildman–Crippen MR) is 96.4 cm³/mol. The Morgan fingerprint density at radius 1 is 1.00 bits per heavy atom. The third kappa shape index (κ3) is 3.56. The van der Waals surface area contributed by atoms with Crippen molar-refractivity contribution in [3.05, 3.63) is 60.4 Å². The van der Waals surface area contributed by atoms with Crippen LogP contribution in [0.1, 0.15) is 10.6 Å². The molecule has 0 bridgehead atoms. The monoisotopic (exact) mass is 386 g/mol. The van der Waals surface area contributed by atoms with E-state index in [1.54, 1.807) is 29.6 Å². The fraction of sp³-hybridized carbons (Fsp3) is 0.111. The molecule has 0 aliphatic rings. The van der Waals surface area contributed by atoms with Crippen LogP contribution in [-0.4, -0.2) is 38.2 Å². The van der Waals surface area contributed by atoms with Gasteiger partial charge in [0.2, 0.25) is 5.82 Å². The molecule has 0 aliphatic heterocycles. The van der Waals surface area contributed by atoms with Gasteiger partial charge in [-0.05, 0) is 24.3 Å². The summed E-state index contributed by atoms with van der Waals surface area (Å²) in [4.78, 5) is 20.7. The largest absolute Gasteiger partial charge is 0.405 e. The van der Waals surface area contributed by atoms with Crippen molar-refractivity contribution in [2.75, 3.05) is 11.9 Å². The predicted octanol–water partition coefficient (Wildman–Crippen LogP) is 3.31. The van der Waals surface area contributed by atoms with Crippen molar-refractivity contribution in [2.24, 2.45) is 0 Å². The second kappa shape index (κ2) is 6.80. The molecule has 2 aromatic heterocycles. The minimum atomic E-state index is -4.52. The van der Waals surface area contributed by atoms with E-state index in [2.05, 4.69) is 20.4 Å². The summed E-state index contributed by atoms with van der Waals surface area (Å²) in [6, 6.07) is 16.2. The van der Waals surface area contributed by atoms with Crippen molar-refractivity contribution in [1.82, 2.24) is 24.9 Å². The molecule has 0 unspecified atom stereocenters. The summed E-state index contributed by atoms with van der Waals surface area (Å²) in [6.45, 7) is -1.46. The summed E-state index contributed by atoms with van der Waals surface area (Å²) < 4.78 is 38.5. The zero-order valence-corrected chi connectivity index (χ0v) is 14.2. The lowest BCUT2D eigenvalue weighted by Crippen LogP contribution is -2.34. The number of benzene rings is 2. The standard InChI is InChI=1S/C18H13F3N6O/c19-18(20,21)10-22-17(28)15-25-16-14(23-11-6-2-1-3-7-11)24-12-8-4-5-9-13(12)27(16)26-15/h1-9H,10H2,(H,22,28)(H,23,24). The number of hydrogen-bond acceptors (Lipinski definition) is 5. The Morgan fingerprint density at radius 2 is 1.71 bits per heavy atom. The van der Waals surface area contributed by atoms with Gasteiger partial charge < -0.3 is 10.6 Å². The quantitative estimate of drug-likeness (QED) is 0.562. The Bertz CT molecular complexity index is 1160. The van der Waals surface area contributed by atoms with E-state index in [0.29, 0.717) is 16.9 Å². The van der Waals surface area contributed by atoms with Crippen molar-refractivity contribution in [3.8, 4) is 0 Å². The lowest BCUT2D eigenvalue weighted by molar-refractivity contribution is -0.123. The van der Waals surface area contributed by atoms with Gasteiger partial charge in [-0.15, -0.1) is 5.10 Å². The molecule has 0 fully saturated rings. The normalized spacial score (nSPS) is 11.7. The molecular weight excluding hydrogens is 373 g/mol. The Hall–Kier alpha value is -3.69. The molecule has 2 aromatic carbocycles. The smallest absolute Gasteiger partial charge is 0.340 e. The molecule has 2 N–H and O–H groups in total. The number of fused-ring (bicyclic) bond motifs is 3. The van der Waals surface area contributed by atoms with E-state index in [1.165, 1.54) is 4.52 Å². The van der Waals surface area contributed by atoms with E-state index in [0.717, 1.165) is 5.69 Å². The fourth-order valence-corrected chi connectivity index (χ4v) is 2.64. The van der Waals surface area contributed by atoms with Gasteiger partial charge in [-0.3, -0.25) is 4.79 Å². The molecule has 0 saturated carbocycles. The van der Waals surface area contributed by atoms with E-state index >= 15 is 0 Å². The number of nitrogens with zero attached hydrogens (tertiary/aromatic N) is 4. The summed E-state index contributed by atoms with van der Waals surface area (Å²) in [6.07, 6.45) is -4.52. The maximum Gasteiger partial charge on any atom is 0.405 e. The van der Waals surface area contributed by atoms with E-state index < -0.39 is 18.6 Å². The van der Waals surface area contributed by atoms with Crippen LogP contribution in [0.4, 0.5) is 24.7 Å². The van der Waals surface area contributed by atoms with Crippen LogP contribution < -0.4 is 10.6 Å². The number of amides is 1. The third-order valence-corrected chi connectivity index (χ3v) is 3.85. The van der Waals surface area contributed by atoms with Gasteiger partial charge in [-0.2, -0.15) is 18.2 Å². The zero-order valence-electron chi connectivity index (χ0n) is 14.2. The van der Waals surface area contributed by atoms with Crippen molar-refractivity contribution in [2.45, 2.75) is 6.18 Å². The number of nitrogens with one attached hydrogen (secondary N) is 2. The maximum atomic E-state index is 12.4. The molecule has 4 aromatic rings. The highest BCUT2D eigenvalue weighted by molar-refractivity contribution is 5.92. The molecular formula is C18H13F3N6O. The van der Waals surface area contributed by atoms with Crippen LogP contribution in [0.15, 0.2) is 54.6 Å². The Labute approximate surface area is 156 Å². The molecule has 0 aliphatic carbocycles. The lowest BCUT2D eigenvalue weighted by Gasteiger charge is -2.08. The first kappa shape index (κ1) is 17.7. The molecule has 142 valence electrons.